The third-order valence-electron chi connectivity index (χ3n) is 5.64. The molecule has 1 heterocycles. The number of carbonyl (C=O) groups excluding carboxylic acids is 1. The SMILES string of the molecule is CC(C)=C[C@@H]1C(C)(C)[C@@]1(C)C(=O)Oc1coc(Cc2ccccc2)c1. The molecule has 0 spiro atoms. The number of ether oxygens (including phenoxy) is 1. The van der Waals surface area contributed by atoms with Crippen LogP contribution in [0, 0.1) is 16.7 Å². The minimum atomic E-state index is -0.499. The lowest BCUT2D eigenvalue weighted by atomic mass is 9.98. The molecule has 2 aromatic rings. The largest absolute Gasteiger partial charge is 0.465 e. The van der Waals surface area contributed by atoms with Crippen LogP contribution in [-0.4, -0.2) is 5.97 Å². The molecule has 0 radical (unpaired) electrons. The lowest BCUT2D eigenvalue weighted by Gasteiger charge is -2.12. The Morgan fingerprint density at radius 3 is 2.52 bits per heavy atom. The van der Waals surface area contributed by atoms with Gasteiger partial charge in [0, 0.05) is 12.5 Å². The van der Waals surface area contributed by atoms with Crippen LogP contribution in [0.1, 0.15) is 45.9 Å². The summed E-state index contributed by atoms with van der Waals surface area (Å²) in [4.78, 5) is 12.8. The number of furan rings is 1. The van der Waals surface area contributed by atoms with E-state index in [1.807, 2.05) is 37.3 Å². The maximum absolute atomic E-state index is 12.8. The summed E-state index contributed by atoms with van der Waals surface area (Å²) in [5, 5.41) is 0. The Morgan fingerprint density at radius 2 is 1.88 bits per heavy atom. The first kappa shape index (κ1) is 17.5. The van der Waals surface area contributed by atoms with E-state index in [4.69, 9.17) is 9.15 Å². The Balaban J connectivity index is 1.69. The van der Waals surface area contributed by atoms with Crippen LogP contribution in [0.3, 0.4) is 0 Å². The standard InChI is InChI=1S/C22H26O3/c1-15(2)11-19-21(3,4)22(19,5)20(23)25-18-13-17(24-14-18)12-16-9-7-6-8-10-16/h6-11,13-14,19H,12H2,1-5H3/t19-,22-/m1/s1. The molecule has 1 aromatic heterocycles. The highest BCUT2D eigenvalue weighted by atomic mass is 16.5. The van der Waals surface area contributed by atoms with E-state index in [9.17, 15) is 4.79 Å². The molecule has 0 unspecified atom stereocenters. The van der Waals surface area contributed by atoms with E-state index in [1.165, 1.54) is 11.8 Å². The maximum Gasteiger partial charge on any atom is 0.318 e. The fourth-order valence-corrected chi connectivity index (χ4v) is 3.64. The summed E-state index contributed by atoms with van der Waals surface area (Å²) in [5.41, 5.74) is 1.79. The molecular weight excluding hydrogens is 312 g/mol. The summed E-state index contributed by atoms with van der Waals surface area (Å²) >= 11 is 0. The second-order valence-corrected chi connectivity index (χ2v) is 7.95. The molecule has 3 heteroatoms. The van der Waals surface area contributed by atoms with Gasteiger partial charge in [0.2, 0.25) is 0 Å². The van der Waals surface area contributed by atoms with Crippen molar-refractivity contribution in [2.24, 2.45) is 16.7 Å². The molecule has 3 rings (SSSR count). The Hall–Kier alpha value is -2.29. The first-order chi connectivity index (χ1) is 11.7. The number of benzene rings is 1. The van der Waals surface area contributed by atoms with Gasteiger partial charge in [0.05, 0.1) is 5.41 Å². The van der Waals surface area contributed by atoms with Crippen molar-refractivity contribution in [2.45, 2.75) is 41.0 Å². The number of rotatable bonds is 5. The van der Waals surface area contributed by atoms with Crippen LogP contribution in [0.25, 0.3) is 0 Å². The molecule has 1 aliphatic carbocycles. The fraction of sp³-hybridized carbons (Fsp3) is 0.409. The summed E-state index contributed by atoms with van der Waals surface area (Å²) in [6.45, 7) is 10.4. The molecule has 0 saturated heterocycles. The third-order valence-corrected chi connectivity index (χ3v) is 5.64. The van der Waals surface area contributed by atoms with Crippen LogP contribution >= 0.6 is 0 Å². The Morgan fingerprint density at radius 1 is 1.20 bits per heavy atom. The van der Waals surface area contributed by atoms with Crippen molar-refractivity contribution < 1.29 is 13.9 Å². The fourth-order valence-electron chi connectivity index (χ4n) is 3.64. The van der Waals surface area contributed by atoms with E-state index in [2.05, 4.69) is 33.8 Å². The van der Waals surface area contributed by atoms with E-state index in [0.717, 1.165) is 11.3 Å². The molecule has 0 aliphatic heterocycles. The van der Waals surface area contributed by atoms with E-state index in [1.54, 1.807) is 6.07 Å². The summed E-state index contributed by atoms with van der Waals surface area (Å²) < 4.78 is 11.2. The Labute approximate surface area is 149 Å². The highest BCUT2D eigenvalue weighted by molar-refractivity contribution is 5.84. The first-order valence-electron chi connectivity index (χ1n) is 8.74. The zero-order chi connectivity index (χ0) is 18.2. The number of hydrogen-bond acceptors (Lipinski definition) is 3. The molecule has 3 nitrogen and oxygen atoms in total. The van der Waals surface area contributed by atoms with Gasteiger partial charge in [0.25, 0.3) is 0 Å². The lowest BCUT2D eigenvalue weighted by molar-refractivity contribution is -0.141. The highest BCUT2D eigenvalue weighted by Gasteiger charge is 2.72. The molecule has 1 aliphatic rings. The maximum atomic E-state index is 12.8. The predicted octanol–water partition coefficient (Wildman–Crippen LogP) is 5.40. The summed E-state index contributed by atoms with van der Waals surface area (Å²) in [6, 6.07) is 11.9. The summed E-state index contributed by atoms with van der Waals surface area (Å²) in [7, 11) is 0. The number of allylic oxidation sites excluding steroid dienone is 2. The minimum Gasteiger partial charge on any atom is -0.465 e. The van der Waals surface area contributed by atoms with Crippen molar-refractivity contribution in [1.82, 2.24) is 0 Å². The third kappa shape index (κ3) is 3.15. The van der Waals surface area contributed by atoms with Gasteiger partial charge in [-0.2, -0.15) is 0 Å². The van der Waals surface area contributed by atoms with Gasteiger partial charge in [-0.3, -0.25) is 4.79 Å². The van der Waals surface area contributed by atoms with Crippen molar-refractivity contribution in [3.05, 3.63) is 65.6 Å². The summed E-state index contributed by atoms with van der Waals surface area (Å²) in [5.74, 6) is 1.28. The van der Waals surface area contributed by atoms with Gasteiger partial charge in [0.1, 0.15) is 12.0 Å². The molecule has 0 N–H and O–H groups in total. The van der Waals surface area contributed by atoms with Crippen LogP contribution in [0.4, 0.5) is 0 Å². The van der Waals surface area contributed by atoms with E-state index < -0.39 is 5.41 Å². The van der Waals surface area contributed by atoms with E-state index in [-0.39, 0.29) is 17.3 Å². The van der Waals surface area contributed by atoms with Crippen LogP contribution in [0.2, 0.25) is 0 Å². The van der Waals surface area contributed by atoms with Gasteiger partial charge in [-0.05, 0) is 37.7 Å². The van der Waals surface area contributed by atoms with Gasteiger partial charge >= 0.3 is 5.97 Å². The molecule has 2 atom stereocenters. The number of carbonyl (C=O) groups is 1. The van der Waals surface area contributed by atoms with E-state index in [0.29, 0.717) is 12.2 Å². The first-order valence-corrected chi connectivity index (χ1v) is 8.74. The molecule has 25 heavy (non-hydrogen) atoms. The quantitative estimate of drug-likeness (QED) is 0.541. The zero-order valence-corrected chi connectivity index (χ0v) is 15.6. The molecule has 0 bridgehead atoms. The van der Waals surface area contributed by atoms with Crippen LogP contribution in [0.15, 0.2) is 58.7 Å². The van der Waals surface area contributed by atoms with Crippen LogP contribution < -0.4 is 4.74 Å². The normalized spacial score (nSPS) is 23.8. The molecule has 0 amide bonds. The number of esters is 1. The van der Waals surface area contributed by atoms with Gasteiger partial charge in [0.15, 0.2) is 5.75 Å². The second-order valence-electron chi connectivity index (χ2n) is 7.95. The minimum absolute atomic E-state index is 0.0992. The molecule has 1 saturated carbocycles. The molecule has 1 aromatic carbocycles. The van der Waals surface area contributed by atoms with Crippen molar-refractivity contribution in [1.29, 1.82) is 0 Å². The molecule has 132 valence electrons. The monoisotopic (exact) mass is 338 g/mol. The lowest BCUT2D eigenvalue weighted by Crippen LogP contribution is -2.23. The van der Waals surface area contributed by atoms with E-state index >= 15 is 0 Å². The molecular formula is C22H26O3. The van der Waals surface area contributed by atoms with Crippen molar-refractivity contribution in [3.63, 3.8) is 0 Å². The smallest absolute Gasteiger partial charge is 0.318 e. The Bertz CT molecular complexity index is 794. The highest BCUT2D eigenvalue weighted by Crippen LogP contribution is 2.70. The average Bonchev–Trinajstić information content (AvgIpc) is 2.88. The van der Waals surface area contributed by atoms with Gasteiger partial charge in [-0.25, -0.2) is 0 Å². The summed E-state index contributed by atoms with van der Waals surface area (Å²) in [6.07, 6.45) is 4.38. The van der Waals surface area contributed by atoms with Gasteiger partial charge in [-0.15, -0.1) is 0 Å². The van der Waals surface area contributed by atoms with Crippen molar-refractivity contribution in [3.8, 4) is 5.75 Å². The van der Waals surface area contributed by atoms with Crippen LogP contribution in [-0.2, 0) is 11.2 Å². The predicted molar refractivity (Wildman–Crippen MR) is 98.4 cm³/mol. The number of hydrogen-bond donors (Lipinski definition) is 0. The van der Waals surface area contributed by atoms with Crippen molar-refractivity contribution in [2.75, 3.05) is 0 Å². The van der Waals surface area contributed by atoms with Gasteiger partial charge < -0.3 is 9.15 Å². The topological polar surface area (TPSA) is 39.4 Å². The average molecular weight is 338 g/mol. The Kier molecular flexibility index (Phi) is 4.36. The van der Waals surface area contributed by atoms with Gasteiger partial charge in [-0.1, -0.05) is 55.8 Å². The van der Waals surface area contributed by atoms with Crippen molar-refractivity contribution >= 4 is 5.97 Å². The second kappa shape index (κ2) is 6.21. The van der Waals surface area contributed by atoms with Crippen LogP contribution in [0.5, 0.6) is 5.75 Å². The zero-order valence-electron chi connectivity index (χ0n) is 15.6. The molecule has 1 fully saturated rings.